The van der Waals surface area contributed by atoms with Gasteiger partial charge in [0.2, 0.25) is 11.8 Å². The molecule has 0 aliphatic carbocycles. The van der Waals surface area contributed by atoms with Crippen molar-refractivity contribution in [2.75, 3.05) is 32.8 Å². The molecule has 0 saturated carbocycles. The van der Waals surface area contributed by atoms with Gasteiger partial charge in [-0.2, -0.15) is 0 Å². The first-order valence-electron chi connectivity index (χ1n) is 5.87. The SMILES string of the molecule is O=C1CCCN1CC(=O)N1CCC(CO)C1. The number of carbonyl (C=O) groups is 2. The Kier molecular flexibility index (Phi) is 3.43. The largest absolute Gasteiger partial charge is 0.396 e. The van der Waals surface area contributed by atoms with E-state index < -0.39 is 0 Å². The van der Waals surface area contributed by atoms with Gasteiger partial charge >= 0.3 is 0 Å². The van der Waals surface area contributed by atoms with Gasteiger partial charge in [-0.3, -0.25) is 9.59 Å². The smallest absolute Gasteiger partial charge is 0.242 e. The fourth-order valence-corrected chi connectivity index (χ4v) is 2.34. The molecule has 0 aromatic rings. The Balaban J connectivity index is 1.82. The number of carbonyl (C=O) groups excluding carboxylic acids is 2. The summed E-state index contributed by atoms with van der Waals surface area (Å²) < 4.78 is 0. The summed E-state index contributed by atoms with van der Waals surface area (Å²) in [6.07, 6.45) is 2.31. The second kappa shape index (κ2) is 4.82. The van der Waals surface area contributed by atoms with E-state index in [4.69, 9.17) is 5.11 Å². The van der Waals surface area contributed by atoms with E-state index >= 15 is 0 Å². The van der Waals surface area contributed by atoms with Gasteiger partial charge in [-0.15, -0.1) is 0 Å². The molecule has 2 saturated heterocycles. The highest BCUT2D eigenvalue weighted by Gasteiger charge is 2.29. The molecule has 5 heteroatoms. The lowest BCUT2D eigenvalue weighted by Gasteiger charge is -2.21. The zero-order valence-corrected chi connectivity index (χ0v) is 9.39. The third kappa shape index (κ3) is 2.35. The third-order valence-corrected chi connectivity index (χ3v) is 3.39. The number of hydrogen-bond acceptors (Lipinski definition) is 3. The van der Waals surface area contributed by atoms with Crippen molar-refractivity contribution in [1.29, 1.82) is 0 Å². The minimum absolute atomic E-state index is 0.0196. The summed E-state index contributed by atoms with van der Waals surface area (Å²) >= 11 is 0. The predicted molar refractivity (Wildman–Crippen MR) is 57.6 cm³/mol. The van der Waals surface area contributed by atoms with Crippen molar-refractivity contribution >= 4 is 11.8 Å². The first kappa shape index (κ1) is 11.4. The summed E-state index contributed by atoms with van der Waals surface area (Å²) in [6.45, 7) is 2.43. The monoisotopic (exact) mass is 226 g/mol. The molecular weight excluding hydrogens is 208 g/mol. The zero-order chi connectivity index (χ0) is 11.5. The molecule has 90 valence electrons. The first-order valence-corrected chi connectivity index (χ1v) is 5.87. The molecule has 2 heterocycles. The average Bonchev–Trinajstić information content (AvgIpc) is 2.88. The summed E-state index contributed by atoms with van der Waals surface area (Å²) in [6, 6.07) is 0. The van der Waals surface area contributed by atoms with Crippen molar-refractivity contribution in [2.45, 2.75) is 19.3 Å². The molecule has 1 atom stereocenters. The molecule has 2 fully saturated rings. The lowest BCUT2D eigenvalue weighted by Crippen LogP contribution is -2.39. The van der Waals surface area contributed by atoms with Crippen molar-refractivity contribution in [3.8, 4) is 0 Å². The van der Waals surface area contributed by atoms with E-state index in [1.807, 2.05) is 0 Å². The summed E-state index contributed by atoms with van der Waals surface area (Å²) in [4.78, 5) is 26.6. The van der Waals surface area contributed by atoms with Crippen molar-refractivity contribution in [1.82, 2.24) is 9.80 Å². The third-order valence-electron chi connectivity index (χ3n) is 3.39. The highest BCUT2D eigenvalue weighted by molar-refractivity contribution is 5.86. The van der Waals surface area contributed by atoms with Crippen LogP contribution in [0.2, 0.25) is 0 Å². The average molecular weight is 226 g/mol. The fraction of sp³-hybridized carbons (Fsp3) is 0.818. The molecule has 1 N–H and O–H groups in total. The lowest BCUT2D eigenvalue weighted by atomic mass is 10.1. The molecular formula is C11H18N2O3. The Bertz CT molecular complexity index is 293. The normalized spacial score (nSPS) is 25.6. The van der Waals surface area contributed by atoms with E-state index in [1.165, 1.54) is 0 Å². The molecule has 0 radical (unpaired) electrons. The van der Waals surface area contributed by atoms with Gasteiger partial charge in [0.15, 0.2) is 0 Å². The first-order chi connectivity index (χ1) is 7.70. The van der Waals surface area contributed by atoms with Crippen LogP contribution in [-0.2, 0) is 9.59 Å². The molecule has 0 bridgehead atoms. The van der Waals surface area contributed by atoms with Crippen LogP contribution in [0.5, 0.6) is 0 Å². The van der Waals surface area contributed by atoms with E-state index in [2.05, 4.69) is 0 Å². The highest BCUT2D eigenvalue weighted by Crippen LogP contribution is 2.16. The molecule has 16 heavy (non-hydrogen) atoms. The number of aliphatic hydroxyl groups is 1. The van der Waals surface area contributed by atoms with Crippen LogP contribution in [0.4, 0.5) is 0 Å². The zero-order valence-electron chi connectivity index (χ0n) is 9.39. The number of rotatable bonds is 3. The van der Waals surface area contributed by atoms with Crippen LogP contribution >= 0.6 is 0 Å². The standard InChI is InChI=1S/C11H18N2O3/c14-8-9-3-5-13(6-9)11(16)7-12-4-1-2-10(12)15/h9,14H,1-8H2. The molecule has 2 aliphatic rings. The second-order valence-corrected chi connectivity index (χ2v) is 4.60. The molecule has 0 aromatic carbocycles. The molecule has 0 aromatic heterocycles. The maximum Gasteiger partial charge on any atom is 0.242 e. The Morgan fingerprint density at radius 3 is 2.81 bits per heavy atom. The second-order valence-electron chi connectivity index (χ2n) is 4.60. The van der Waals surface area contributed by atoms with Gasteiger partial charge in [-0.1, -0.05) is 0 Å². The van der Waals surface area contributed by atoms with Crippen molar-refractivity contribution in [3.05, 3.63) is 0 Å². The van der Waals surface area contributed by atoms with E-state index in [-0.39, 0.29) is 30.9 Å². The molecule has 0 spiro atoms. The molecule has 2 amide bonds. The molecule has 2 rings (SSSR count). The van der Waals surface area contributed by atoms with E-state index in [0.29, 0.717) is 26.1 Å². The number of amides is 2. The lowest BCUT2D eigenvalue weighted by molar-refractivity contribution is -0.137. The van der Waals surface area contributed by atoms with Crippen LogP contribution in [0.25, 0.3) is 0 Å². The maximum absolute atomic E-state index is 11.9. The van der Waals surface area contributed by atoms with Crippen LogP contribution in [0.3, 0.4) is 0 Å². The summed E-state index contributed by atoms with van der Waals surface area (Å²) in [7, 11) is 0. The predicted octanol–water partition coefficient (Wildman–Crippen LogP) is -0.550. The van der Waals surface area contributed by atoms with Gasteiger partial charge < -0.3 is 14.9 Å². The van der Waals surface area contributed by atoms with Gasteiger partial charge in [0.05, 0.1) is 6.54 Å². The van der Waals surface area contributed by atoms with Gasteiger partial charge in [0, 0.05) is 38.6 Å². The molecule has 2 aliphatic heterocycles. The summed E-state index contributed by atoms with van der Waals surface area (Å²) in [5.41, 5.74) is 0. The van der Waals surface area contributed by atoms with E-state index in [9.17, 15) is 9.59 Å². The Labute approximate surface area is 95.0 Å². The Morgan fingerprint density at radius 1 is 1.44 bits per heavy atom. The fourth-order valence-electron chi connectivity index (χ4n) is 2.34. The van der Waals surface area contributed by atoms with Gasteiger partial charge in [0.25, 0.3) is 0 Å². The summed E-state index contributed by atoms with van der Waals surface area (Å²) in [5, 5.41) is 8.99. The molecule has 5 nitrogen and oxygen atoms in total. The maximum atomic E-state index is 11.9. The number of likely N-dealkylation sites (tertiary alicyclic amines) is 2. The van der Waals surface area contributed by atoms with E-state index in [1.54, 1.807) is 9.80 Å². The topological polar surface area (TPSA) is 60.9 Å². The minimum atomic E-state index is 0.0196. The van der Waals surface area contributed by atoms with Crippen molar-refractivity contribution in [2.24, 2.45) is 5.92 Å². The van der Waals surface area contributed by atoms with Crippen molar-refractivity contribution in [3.63, 3.8) is 0 Å². The van der Waals surface area contributed by atoms with Crippen LogP contribution < -0.4 is 0 Å². The van der Waals surface area contributed by atoms with Crippen molar-refractivity contribution < 1.29 is 14.7 Å². The van der Waals surface area contributed by atoms with Crippen LogP contribution in [0, 0.1) is 5.92 Å². The Morgan fingerprint density at radius 2 is 2.25 bits per heavy atom. The van der Waals surface area contributed by atoms with Gasteiger partial charge in [-0.05, 0) is 12.8 Å². The van der Waals surface area contributed by atoms with E-state index in [0.717, 1.165) is 12.8 Å². The van der Waals surface area contributed by atoms with Crippen LogP contribution in [-0.4, -0.2) is 59.5 Å². The number of nitrogens with zero attached hydrogens (tertiary/aromatic N) is 2. The van der Waals surface area contributed by atoms with Gasteiger partial charge in [-0.25, -0.2) is 0 Å². The summed E-state index contributed by atoms with van der Waals surface area (Å²) in [5.74, 6) is 0.329. The number of aliphatic hydroxyl groups excluding tert-OH is 1. The van der Waals surface area contributed by atoms with Gasteiger partial charge in [0.1, 0.15) is 0 Å². The minimum Gasteiger partial charge on any atom is -0.396 e. The quantitative estimate of drug-likeness (QED) is 0.702. The molecule has 1 unspecified atom stereocenters. The highest BCUT2D eigenvalue weighted by atomic mass is 16.3. The van der Waals surface area contributed by atoms with Crippen LogP contribution in [0.15, 0.2) is 0 Å². The van der Waals surface area contributed by atoms with Crippen LogP contribution in [0.1, 0.15) is 19.3 Å². The Hall–Kier alpha value is -1.10. The number of hydrogen-bond donors (Lipinski definition) is 1.